The Morgan fingerprint density at radius 1 is 1.10 bits per heavy atom. The molecule has 3 heteroatoms. The number of carbonyl (C=O) groups is 1. The summed E-state index contributed by atoms with van der Waals surface area (Å²) in [6, 6.07) is 2.36. The molecule has 4 saturated carbocycles. The van der Waals surface area contributed by atoms with Gasteiger partial charge in [0.05, 0.1) is 6.07 Å². The van der Waals surface area contributed by atoms with Crippen molar-refractivity contribution in [1.29, 1.82) is 5.26 Å². The first-order valence-electron chi connectivity index (χ1n) is 12.7. The quantitative estimate of drug-likeness (QED) is 0.478. The Morgan fingerprint density at radius 3 is 2.50 bits per heavy atom. The van der Waals surface area contributed by atoms with Crippen molar-refractivity contribution < 1.29 is 9.53 Å². The molecular weight excluding hydrogens is 370 g/mol. The maximum absolute atomic E-state index is 12.1. The lowest BCUT2D eigenvalue weighted by molar-refractivity contribution is -0.191. The van der Waals surface area contributed by atoms with Gasteiger partial charge in [-0.2, -0.15) is 5.26 Å². The first kappa shape index (κ1) is 22.2. The van der Waals surface area contributed by atoms with E-state index in [-0.39, 0.29) is 12.1 Å². The van der Waals surface area contributed by atoms with Crippen LogP contribution in [0.3, 0.4) is 0 Å². The van der Waals surface area contributed by atoms with Gasteiger partial charge in [0.15, 0.2) is 0 Å². The summed E-state index contributed by atoms with van der Waals surface area (Å²) in [5.74, 6) is 4.68. The smallest absolute Gasteiger partial charge is 0.302 e. The van der Waals surface area contributed by atoms with Crippen LogP contribution in [0, 0.1) is 63.6 Å². The van der Waals surface area contributed by atoms with E-state index >= 15 is 0 Å². The number of carbonyl (C=O) groups excluding carboxylic acids is 1. The van der Waals surface area contributed by atoms with Gasteiger partial charge in [-0.15, -0.1) is 0 Å². The van der Waals surface area contributed by atoms with E-state index in [1.165, 1.54) is 44.9 Å². The van der Waals surface area contributed by atoms with Crippen LogP contribution in [0.2, 0.25) is 0 Å². The van der Waals surface area contributed by atoms with E-state index < -0.39 is 0 Å². The lowest BCUT2D eigenvalue weighted by atomic mass is 9.43. The zero-order chi connectivity index (χ0) is 21.7. The number of hydrogen-bond donors (Lipinski definition) is 0. The van der Waals surface area contributed by atoms with Crippen molar-refractivity contribution in [3.8, 4) is 6.07 Å². The standard InChI is InChI=1S/C27H43NO2/c1-17-10-12-26(4)20(15-17)16-24(30-19(3)29)25-22-9-8-21(18(2)7-6-14-28)27(22,5)13-11-23(25)26/h17-18,20-25H,6-13,15-16H2,1-5H3/t17-,18-,20+,21-,22+,23+,24-,25+,26+,27-/m1/s1. The van der Waals surface area contributed by atoms with Crippen LogP contribution in [0.1, 0.15) is 98.8 Å². The molecule has 168 valence electrons. The van der Waals surface area contributed by atoms with Gasteiger partial charge in [0, 0.05) is 19.3 Å². The number of nitrogens with zero attached hydrogens (tertiary/aromatic N) is 1. The molecule has 0 aromatic carbocycles. The summed E-state index contributed by atoms with van der Waals surface area (Å²) in [5.41, 5.74) is 0.777. The van der Waals surface area contributed by atoms with E-state index in [0.29, 0.717) is 52.8 Å². The third-order valence-electron chi connectivity index (χ3n) is 10.7. The summed E-state index contributed by atoms with van der Waals surface area (Å²) in [5, 5.41) is 9.09. The van der Waals surface area contributed by atoms with E-state index in [1.54, 1.807) is 6.92 Å². The molecule has 4 rings (SSSR count). The number of rotatable bonds is 4. The lowest BCUT2D eigenvalue weighted by Crippen LogP contribution is -2.59. The molecule has 0 unspecified atom stereocenters. The second-order valence-electron chi connectivity index (χ2n) is 12.2. The largest absolute Gasteiger partial charge is 0.462 e. The van der Waals surface area contributed by atoms with Gasteiger partial charge in [-0.3, -0.25) is 4.79 Å². The van der Waals surface area contributed by atoms with Gasteiger partial charge in [0.2, 0.25) is 0 Å². The van der Waals surface area contributed by atoms with Crippen molar-refractivity contribution in [3.05, 3.63) is 0 Å². The maximum Gasteiger partial charge on any atom is 0.302 e. The molecule has 0 aromatic heterocycles. The van der Waals surface area contributed by atoms with Crippen molar-refractivity contribution in [2.45, 2.75) is 105 Å². The zero-order valence-electron chi connectivity index (χ0n) is 20.0. The van der Waals surface area contributed by atoms with Crippen LogP contribution < -0.4 is 0 Å². The van der Waals surface area contributed by atoms with Crippen LogP contribution in [0.5, 0.6) is 0 Å². The summed E-state index contributed by atoms with van der Waals surface area (Å²) < 4.78 is 6.12. The van der Waals surface area contributed by atoms with E-state index in [2.05, 4.69) is 33.8 Å². The minimum absolute atomic E-state index is 0.0876. The third-order valence-corrected chi connectivity index (χ3v) is 10.7. The third kappa shape index (κ3) is 3.51. The summed E-state index contributed by atoms with van der Waals surface area (Å²) in [7, 11) is 0. The lowest BCUT2D eigenvalue weighted by Gasteiger charge is -2.63. The highest BCUT2D eigenvalue weighted by Crippen LogP contribution is 2.69. The van der Waals surface area contributed by atoms with Crippen molar-refractivity contribution >= 4 is 5.97 Å². The number of fused-ring (bicyclic) bond motifs is 5. The van der Waals surface area contributed by atoms with Gasteiger partial charge >= 0.3 is 5.97 Å². The van der Waals surface area contributed by atoms with Crippen LogP contribution in [0.4, 0.5) is 0 Å². The highest BCUT2D eigenvalue weighted by Gasteiger charge is 2.63. The Labute approximate surface area is 184 Å². The fraction of sp³-hybridized carbons (Fsp3) is 0.926. The molecule has 4 aliphatic rings. The summed E-state index contributed by atoms with van der Waals surface area (Å²) in [6.45, 7) is 11.5. The van der Waals surface area contributed by atoms with Gasteiger partial charge < -0.3 is 4.74 Å². The molecule has 0 saturated heterocycles. The van der Waals surface area contributed by atoms with Crippen LogP contribution in [0.25, 0.3) is 0 Å². The van der Waals surface area contributed by atoms with Gasteiger partial charge in [0.1, 0.15) is 6.10 Å². The van der Waals surface area contributed by atoms with Crippen molar-refractivity contribution in [3.63, 3.8) is 0 Å². The van der Waals surface area contributed by atoms with E-state index in [9.17, 15) is 4.79 Å². The SMILES string of the molecule is CC(=O)O[C@@H]1C[C@@H]2C[C@H](C)CC[C@]2(C)[C@H]2CC[C@]3(C)[C@@H]([C@H](C)CCC#N)CC[C@H]3[C@H]12. The fourth-order valence-corrected chi connectivity index (χ4v) is 9.22. The molecule has 10 atom stereocenters. The van der Waals surface area contributed by atoms with E-state index in [4.69, 9.17) is 10.00 Å². The maximum atomic E-state index is 12.1. The second-order valence-corrected chi connectivity index (χ2v) is 12.2. The molecule has 0 aromatic rings. The minimum Gasteiger partial charge on any atom is -0.462 e. The fourth-order valence-electron chi connectivity index (χ4n) is 9.22. The van der Waals surface area contributed by atoms with Crippen LogP contribution in [-0.4, -0.2) is 12.1 Å². The average Bonchev–Trinajstić information content (AvgIpc) is 3.04. The van der Waals surface area contributed by atoms with E-state index in [0.717, 1.165) is 18.8 Å². The Bertz CT molecular complexity index is 697. The molecule has 0 heterocycles. The Morgan fingerprint density at radius 2 is 1.80 bits per heavy atom. The summed E-state index contributed by atoms with van der Waals surface area (Å²) in [6.07, 6.45) is 12.2. The zero-order valence-corrected chi connectivity index (χ0v) is 20.0. The van der Waals surface area contributed by atoms with Crippen molar-refractivity contribution in [2.24, 2.45) is 52.3 Å². The van der Waals surface area contributed by atoms with Crippen LogP contribution in [-0.2, 0) is 9.53 Å². The highest BCUT2D eigenvalue weighted by molar-refractivity contribution is 5.66. The number of esters is 1. The van der Waals surface area contributed by atoms with Gasteiger partial charge in [-0.05, 0) is 97.7 Å². The Balaban J connectivity index is 1.64. The van der Waals surface area contributed by atoms with Gasteiger partial charge in [-0.1, -0.05) is 34.1 Å². The number of nitriles is 1. The Hall–Kier alpha value is -1.04. The van der Waals surface area contributed by atoms with E-state index in [1.807, 2.05) is 0 Å². The van der Waals surface area contributed by atoms with Crippen molar-refractivity contribution in [2.75, 3.05) is 0 Å². The normalized spacial score (nSPS) is 48.6. The monoisotopic (exact) mass is 413 g/mol. The van der Waals surface area contributed by atoms with Gasteiger partial charge in [-0.25, -0.2) is 0 Å². The number of hydrogen-bond acceptors (Lipinski definition) is 3. The van der Waals surface area contributed by atoms with Crippen LogP contribution >= 0.6 is 0 Å². The van der Waals surface area contributed by atoms with Crippen molar-refractivity contribution in [1.82, 2.24) is 0 Å². The topological polar surface area (TPSA) is 50.1 Å². The average molecular weight is 414 g/mol. The Kier molecular flexibility index (Phi) is 6.02. The molecule has 0 aliphatic heterocycles. The molecule has 4 aliphatic carbocycles. The highest BCUT2D eigenvalue weighted by atomic mass is 16.5. The summed E-state index contributed by atoms with van der Waals surface area (Å²) in [4.78, 5) is 12.1. The first-order chi connectivity index (χ1) is 14.2. The molecule has 3 nitrogen and oxygen atoms in total. The molecule has 0 bridgehead atoms. The predicted molar refractivity (Wildman–Crippen MR) is 119 cm³/mol. The van der Waals surface area contributed by atoms with Crippen LogP contribution in [0.15, 0.2) is 0 Å². The molecule has 4 fully saturated rings. The molecule has 30 heavy (non-hydrogen) atoms. The summed E-state index contributed by atoms with van der Waals surface area (Å²) >= 11 is 0. The predicted octanol–water partition coefficient (Wildman–Crippen LogP) is 6.76. The first-order valence-corrected chi connectivity index (χ1v) is 12.7. The molecule has 0 radical (unpaired) electrons. The molecule has 0 amide bonds. The molecular formula is C27H43NO2. The number of ether oxygens (including phenoxy) is 1. The molecule has 0 spiro atoms. The second kappa shape index (κ2) is 8.14. The minimum atomic E-state index is -0.0876. The molecule has 0 N–H and O–H groups in total. The van der Waals surface area contributed by atoms with Gasteiger partial charge in [0.25, 0.3) is 0 Å².